The Balaban J connectivity index is 2.21. The number of ether oxygens (including phenoxy) is 1. The van der Waals surface area contributed by atoms with E-state index in [-0.39, 0.29) is 12.3 Å². The molecule has 0 saturated carbocycles. The van der Waals surface area contributed by atoms with Crippen molar-refractivity contribution in [1.29, 1.82) is 0 Å². The predicted octanol–water partition coefficient (Wildman–Crippen LogP) is 0.405. The highest BCUT2D eigenvalue weighted by Gasteiger charge is 2.24. The van der Waals surface area contributed by atoms with Crippen molar-refractivity contribution in [3.05, 3.63) is 41.7 Å². The number of aromatic nitrogens is 3. The minimum atomic E-state index is -1.18. The van der Waals surface area contributed by atoms with Crippen LogP contribution in [0.5, 0.6) is 0 Å². The minimum Gasteiger partial charge on any atom is -0.480 e. The molecular formula is C14H16N4O4. The van der Waals surface area contributed by atoms with Crippen LogP contribution in [0.4, 0.5) is 0 Å². The zero-order chi connectivity index (χ0) is 16.1. The Morgan fingerprint density at radius 1 is 1.36 bits per heavy atom. The first-order valence-electron chi connectivity index (χ1n) is 6.55. The van der Waals surface area contributed by atoms with Crippen LogP contribution in [-0.2, 0) is 9.53 Å². The van der Waals surface area contributed by atoms with Gasteiger partial charge in [-0.1, -0.05) is 23.4 Å². The molecule has 0 spiro atoms. The second-order valence-electron chi connectivity index (χ2n) is 4.59. The van der Waals surface area contributed by atoms with Gasteiger partial charge in [0.15, 0.2) is 11.7 Å². The van der Waals surface area contributed by atoms with Gasteiger partial charge >= 0.3 is 5.97 Å². The van der Waals surface area contributed by atoms with Crippen LogP contribution in [0.1, 0.15) is 16.2 Å². The standard InChI is InChI=1S/C14H16N4O4/c1-9-12(13(19)15-11(8-22-2)14(20)21)16-17-18(9)10-6-4-3-5-7-10/h3-7,11H,8H2,1-2H3,(H,15,19)(H,20,21). The molecule has 1 unspecified atom stereocenters. The van der Waals surface area contributed by atoms with Crippen molar-refractivity contribution in [2.75, 3.05) is 13.7 Å². The smallest absolute Gasteiger partial charge is 0.328 e. The molecule has 1 amide bonds. The van der Waals surface area contributed by atoms with E-state index in [0.717, 1.165) is 5.69 Å². The van der Waals surface area contributed by atoms with Crippen LogP contribution in [-0.4, -0.2) is 51.7 Å². The third kappa shape index (κ3) is 3.29. The maximum absolute atomic E-state index is 12.2. The van der Waals surface area contributed by atoms with E-state index in [2.05, 4.69) is 15.6 Å². The van der Waals surface area contributed by atoms with Gasteiger partial charge in [-0.25, -0.2) is 9.48 Å². The third-order valence-electron chi connectivity index (χ3n) is 3.05. The Hall–Kier alpha value is -2.74. The maximum atomic E-state index is 12.2. The van der Waals surface area contributed by atoms with Crippen molar-refractivity contribution in [3.8, 4) is 5.69 Å². The lowest BCUT2D eigenvalue weighted by molar-refractivity contribution is -0.140. The molecule has 0 radical (unpaired) electrons. The van der Waals surface area contributed by atoms with E-state index in [9.17, 15) is 9.59 Å². The molecule has 116 valence electrons. The van der Waals surface area contributed by atoms with Crippen LogP contribution < -0.4 is 5.32 Å². The highest BCUT2D eigenvalue weighted by molar-refractivity contribution is 5.95. The van der Waals surface area contributed by atoms with Gasteiger partial charge in [-0.15, -0.1) is 5.10 Å². The number of methoxy groups -OCH3 is 1. The first-order valence-corrected chi connectivity index (χ1v) is 6.55. The Bertz CT molecular complexity index is 669. The summed E-state index contributed by atoms with van der Waals surface area (Å²) in [4.78, 5) is 23.2. The number of carbonyl (C=O) groups is 2. The summed E-state index contributed by atoms with van der Waals surface area (Å²) in [6.45, 7) is 1.56. The Morgan fingerprint density at radius 2 is 2.05 bits per heavy atom. The fraction of sp³-hybridized carbons (Fsp3) is 0.286. The Labute approximate surface area is 126 Å². The number of nitrogens with zero attached hydrogens (tertiary/aromatic N) is 3. The number of para-hydroxylation sites is 1. The highest BCUT2D eigenvalue weighted by Crippen LogP contribution is 2.11. The number of amides is 1. The molecule has 1 aromatic carbocycles. The van der Waals surface area contributed by atoms with Crippen LogP contribution in [0.2, 0.25) is 0 Å². The van der Waals surface area contributed by atoms with Crippen LogP contribution in [0.3, 0.4) is 0 Å². The summed E-state index contributed by atoms with van der Waals surface area (Å²) < 4.78 is 6.28. The van der Waals surface area contributed by atoms with Gasteiger partial charge in [0, 0.05) is 7.11 Å². The second-order valence-corrected chi connectivity index (χ2v) is 4.59. The van der Waals surface area contributed by atoms with Gasteiger partial charge in [0.05, 0.1) is 18.0 Å². The topological polar surface area (TPSA) is 106 Å². The third-order valence-corrected chi connectivity index (χ3v) is 3.05. The number of benzene rings is 1. The lowest BCUT2D eigenvalue weighted by Crippen LogP contribution is -2.44. The van der Waals surface area contributed by atoms with Gasteiger partial charge in [0.1, 0.15) is 0 Å². The molecule has 1 aromatic heterocycles. The predicted molar refractivity (Wildman–Crippen MR) is 76.9 cm³/mol. The normalized spacial score (nSPS) is 11.9. The Morgan fingerprint density at radius 3 is 2.64 bits per heavy atom. The van der Waals surface area contributed by atoms with E-state index in [4.69, 9.17) is 9.84 Å². The average molecular weight is 304 g/mol. The lowest BCUT2D eigenvalue weighted by Gasteiger charge is -2.12. The maximum Gasteiger partial charge on any atom is 0.328 e. The van der Waals surface area contributed by atoms with Crippen molar-refractivity contribution in [1.82, 2.24) is 20.3 Å². The second kappa shape index (κ2) is 6.81. The van der Waals surface area contributed by atoms with E-state index >= 15 is 0 Å². The van der Waals surface area contributed by atoms with Gasteiger partial charge in [0.25, 0.3) is 5.91 Å². The molecule has 0 aliphatic heterocycles. The molecule has 0 bridgehead atoms. The Kier molecular flexibility index (Phi) is 4.84. The molecule has 8 heteroatoms. The van der Waals surface area contributed by atoms with E-state index in [1.165, 1.54) is 11.8 Å². The zero-order valence-corrected chi connectivity index (χ0v) is 12.2. The molecule has 2 N–H and O–H groups in total. The first-order chi connectivity index (χ1) is 10.5. The van der Waals surface area contributed by atoms with Crippen molar-refractivity contribution in [2.24, 2.45) is 0 Å². The summed E-state index contributed by atoms with van der Waals surface area (Å²) in [5, 5.41) is 19.1. The SMILES string of the molecule is COCC(NC(=O)c1nnn(-c2ccccc2)c1C)C(=O)O. The van der Waals surface area contributed by atoms with Gasteiger partial charge < -0.3 is 15.2 Å². The lowest BCUT2D eigenvalue weighted by atomic mass is 10.2. The molecule has 0 saturated heterocycles. The van der Waals surface area contributed by atoms with Crippen LogP contribution in [0.15, 0.2) is 30.3 Å². The van der Waals surface area contributed by atoms with Crippen LogP contribution in [0.25, 0.3) is 5.69 Å². The molecule has 2 rings (SSSR count). The summed E-state index contributed by atoms with van der Waals surface area (Å²) in [7, 11) is 1.36. The number of carbonyl (C=O) groups excluding carboxylic acids is 1. The van der Waals surface area contributed by atoms with Crippen molar-refractivity contribution >= 4 is 11.9 Å². The molecule has 0 aliphatic carbocycles. The van der Waals surface area contributed by atoms with Crippen molar-refractivity contribution in [2.45, 2.75) is 13.0 Å². The molecule has 0 fully saturated rings. The van der Waals surface area contributed by atoms with Crippen LogP contribution >= 0.6 is 0 Å². The molecule has 1 atom stereocenters. The summed E-state index contributed by atoms with van der Waals surface area (Å²) >= 11 is 0. The molecule has 1 heterocycles. The van der Waals surface area contributed by atoms with Crippen LogP contribution in [0, 0.1) is 6.92 Å². The first kappa shape index (κ1) is 15.6. The number of carboxylic acid groups (broad SMARTS) is 1. The van der Waals surface area contributed by atoms with Gasteiger partial charge in [-0.05, 0) is 19.1 Å². The van der Waals surface area contributed by atoms with E-state index in [1.54, 1.807) is 6.92 Å². The molecular weight excluding hydrogens is 288 g/mol. The number of rotatable bonds is 6. The number of hydrogen-bond donors (Lipinski definition) is 2. The fourth-order valence-corrected chi connectivity index (χ4v) is 1.92. The summed E-state index contributed by atoms with van der Waals surface area (Å²) in [5.41, 5.74) is 1.36. The number of hydrogen-bond acceptors (Lipinski definition) is 5. The number of nitrogens with one attached hydrogen (secondary N) is 1. The fourth-order valence-electron chi connectivity index (χ4n) is 1.92. The minimum absolute atomic E-state index is 0.0752. The quantitative estimate of drug-likeness (QED) is 0.800. The van der Waals surface area contributed by atoms with Gasteiger partial charge in [-0.3, -0.25) is 4.79 Å². The average Bonchev–Trinajstić information content (AvgIpc) is 2.89. The zero-order valence-electron chi connectivity index (χ0n) is 12.2. The number of aliphatic carboxylic acids is 1. The molecule has 22 heavy (non-hydrogen) atoms. The van der Waals surface area contributed by atoms with Crippen molar-refractivity contribution in [3.63, 3.8) is 0 Å². The summed E-state index contributed by atoms with van der Waals surface area (Å²) in [5.74, 6) is -1.78. The van der Waals surface area contributed by atoms with Gasteiger partial charge in [-0.2, -0.15) is 0 Å². The largest absolute Gasteiger partial charge is 0.480 e. The number of carboxylic acids is 1. The summed E-state index contributed by atoms with van der Waals surface area (Å²) in [6.07, 6.45) is 0. The molecule has 0 aliphatic rings. The molecule has 2 aromatic rings. The van der Waals surface area contributed by atoms with E-state index in [0.29, 0.717) is 5.69 Å². The van der Waals surface area contributed by atoms with E-state index in [1.807, 2.05) is 30.3 Å². The molecule has 8 nitrogen and oxygen atoms in total. The van der Waals surface area contributed by atoms with E-state index < -0.39 is 17.9 Å². The monoisotopic (exact) mass is 304 g/mol. The summed E-state index contributed by atoms with van der Waals surface area (Å²) in [6, 6.07) is 8.07. The highest BCUT2D eigenvalue weighted by atomic mass is 16.5. The van der Waals surface area contributed by atoms with Crippen molar-refractivity contribution < 1.29 is 19.4 Å². The van der Waals surface area contributed by atoms with Gasteiger partial charge in [0.2, 0.25) is 0 Å².